The molecular formula is C8H8F2O3. The van der Waals surface area contributed by atoms with Crippen molar-refractivity contribution in [3.63, 3.8) is 0 Å². The van der Waals surface area contributed by atoms with Crippen molar-refractivity contribution in [1.29, 1.82) is 0 Å². The molecule has 0 aliphatic carbocycles. The molecule has 0 spiro atoms. The van der Waals surface area contributed by atoms with Gasteiger partial charge in [0, 0.05) is 5.56 Å². The van der Waals surface area contributed by atoms with Crippen LogP contribution in [0.1, 0.15) is 28.3 Å². The van der Waals surface area contributed by atoms with Gasteiger partial charge in [-0.25, -0.2) is 13.6 Å². The molecule has 1 aromatic rings. The maximum atomic E-state index is 12.1. The lowest BCUT2D eigenvalue weighted by atomic mass is 10.2. The molecule has 0 aliphatic rings. The second-order valence-electron chi connectivity index (χ2n) is 2.45. The highest BCUT2D eigenvalue weighted by molar-refractivity contribution is 5.87. The number of furan rings is 1. The number of hydrogen-bond donors (Lipinski definition) is 0. The maximum Gasteiger partial charge on any atom is 0.374 e. The van der Waals surface area contributed by atoms with Gasteiger partial charge < -0.3 is 9.15 Å². The predicted molar refractivity (Wildman–Crippen MR) is 39.7 cm³/mol. The Morgan fingerprint density at radius 3 is 2.62 bits per heavy atom. The van der Waals surface area contributed by atoms with Crippen LogP contribution < -0.4 is 0 Å². The number of esters is 1. The summed E-state index contributed by atoms with van der Waals surface area (Å²) in [5.74, 6) is -1.43. The Bertz CT molecular complexity index is 317. The van der Waals surface area contributed by atoms with Crippen LogP contribution in [0.3, 0.4) is 0 Å². The van der Waals surface area contributed by atoms with Crippen molar-refractivity contribution in [3.8, 4) is 0 Å². The van der Waals surface area contributed by atoms with Crippen LogP contribution in [0.25, 0.3) is 0 Å². The molecule has 0 unspecified atom stereocenters. The Morgan fingerprint density at radius 1 is 1.62 bits per heavy atom. The minimum absolute atomic E-state index is 0.169. The molecular weight excluding hydrogens is 182 g/mol. The van der Waals surface area contributed by atoms with Crippen molar-refractivity contribution in [2.75, 3.05) is 7.11 Å². The van der Waals surface area contributed by atoms with Crippen LogP contribution >= 0.6 is 0 Å². The lowest BCUT2D eigenvalue weighted by molar-refractivity contribution is 0.0548. The summed E-state index contributed by atoms with van der Waals surface area (Å²) in [4.78, 5) is 10.9. The molecule has 5 heteroatoms. The zero-order valence-corrected chi connectivity index (χ0v) is 7.14. The molecule has 0 saturated carbocycles. The van der Waals surface area contributed by atoms with Crippen molar-refractivity contribution in [2.45, 2.75) is 13.3 Å². The maximum absolute atomic E-state index is 12.1. The molecule has 13 heavy (non-hydrogen) atoms. The van der Waals surface area contributed by atoms with Gasteiger partial charge in [0.2, 0.25) is 5.76 Å². The van der Waals surface area contributed by atoms with Crippen molar-refractivity contribution in [2.24, 2.45) is 0 Å². The summed E-state index contributed by atoms with van der Waals surface area (Å²) in [5, 5.41) is 0. The first-order valence-electron chi connectivity index (χ1n) is 3.53. The fourth-order valence-corrected chi connectivity index (χ4v) is 0.910. The van der Waals surface area contributed by atoms with Crippen LogP contribution in [0.5, 0.6) is 0 Å². The van der Waals surface area contributed by atoms with Gasteiger partial charge in [0.05, 0.1) is 7.11 Å². The fourth-order valence-electron chi connectivity index (χ4n) is 0.910. The van der Waals surface area contributed by atoms with Gasteiger partial charge in [-0.15, -0.1) is 0 Å². The number of carbonyl (C=O) groups is 1. The highest BCUT2D eigenvalue weighted by atomic mass is 19.3. The van der Waals surface area contributed by atoms with Crippen LogP contribution in [0, 0.1) is 6.92 Å². The Kier molecular flexibility index (Phi) is 2.65. The summed E-state index contributed by atoms with van der Waals surface area (Å²) in [6.07, 6.45) is -2.71. The SMILES string of the molecule is COC(=O)c1oc(C(F)F)cc1C. The summed E-state index contributed by atoms with van der Waals surface area (Å²) in [5.41, 5.74) is 0.349. The standard InChI is InChI=1S/C8H8F2O3/c1-4-3-5(7(9)10)13-6(4)8(11)12-2/h3,7H,1-2H3. The van der Waals surface area contributed by atoms with E-state index in [0.717, 1.165) is 13.2 Å². The van der Waals surface area contributed by atoms with Gasteiger partial charge in [-0.1, -0.05) is 0 Å². The summed E-state index contributed by atoms with van der Waals surface area (Å²) in [7, 11) is 1.16. The van der Waals surface area contributed by atoms with Crippen molar-refractivity contribution >= 4 is 5.97 Å². The topological polar surface area (TPSA) is 39.4 Å². The van der Waals surface area contributed by atoms with Crippen LogP contribution in [-0.4, -0.2) is 13.1 Å². The van der Waals surface area contributed by atoms with Crippen LogP contribution in [0.4, 0.5) is 8.78 Å². The average Bonchev–Trinajstić information content (AvgIpc) is 2.46. The van der Waals surface area contributed by atoms with E-state index in [1.165, 1.54) is 6.92 Å². The quantitative estimate of drug-likeness (QED) is 0.671. The van der Waals surface area contributed by atoms with Crippen LogP contribution in [-0.2, 0) is 4.74 Å². The number of aryl methyl sites for hydroxylation is 1. The lowest BCUT2D eigenvalue weighted by Gasteiger charge is -1.94. The first kappa shape index (κ1) is 9.70. The molecule has 72 valence electrons. The molecule has 0 N–H and O–H groups in total. The van der Waals surface area contributed by atoms with E-state index in [1.807, 2.05) is 0 Å². The Labute approximate surface area is 73.3 Å². The molecule has 0 aromatic carbocycles. The molecule has 1 heterocycles. The minimum Gasteiger partial charge on any atom is -0.463 e. The first-order valence-corrected chi connectivity index (χ1v) is 3.53. The van der Waals surface area contributed by atoms with E-state index in [-0.39, 0.29) is 5.76 Å². The number of carbonyl (C=O) groups excluding carboxylic acids is 1. The largest absolute Gasteiger partial charge is 0.463 e. The van der Waals surface area contributed by atoms with E-state index >= 15 is 0 Å². The van der Waals surface area contributed by atoms with Crippen molar-refractivity contribution < 1.29 is 22.7 Å². The smallest absolute Gasteiger partial charge is 0.374 e. The molecule has 0 fully saturated rings. The van der Waals surface area contributed by atoms with Gasteiger partial charge in [-0.05, 0) is 13.0 Å². The second-order valence-corrected chi connectivity index (χ2v) is 2.45. The molecule has 0 saturated heterocycles. The number of rotatable bonds is 2. The first-order chi connectivity index (χ1) is 6.06. The Morgan fingerprint density at radius 2 is 2.23 bits per heavy atom. The second kappa shape index (κ2) is 3.55. The van der Waals surface area contributed by atoms with Gasteiger partial charge in [-0.3, -0.25) is 0 Å². The number of halogens is 2. The Balaban J connectivity index is 3.03. The van der Waals surface area contributed by atoms with E-state index in [0.29, 0.717) is 5.56 Å². The summed E-state index contributed by atoms with van der Waals surface area (Å²) >= 11 is 0. The predicted octanol–water partition coefficient (Wildman–Crippen LogP) is 2.31. The van der Waals surface area contributed by atoms with Crippen molar-refractivity contribution in [3.05, 3.63) is 23.2 Å². The zero-order chi connectivity index (χ0) is 10.0. The lowest BCUT2D eigenvalue weighted by Crippen LogP contribution is -2.00. The number of ether oxygens (including phenoxy) is 1. The fraction of sp³-hybridized carbons (Fsp3) is 0.375. The molecule has 0 atom stereocenters. The van der Waals surface area contributed by atoms with Crippen molar-refractivity contribution in [1.82, 2.24) is 0 Å². The van der Waals surface area contributed by atoms with E-state index in [1.54, 1.807) is 0 Å². The molecule has 0 bridgehead atoms. The highest BCUT2D eigenvalue weighted by Crippen LogP contribution is 2.24. The molecule has 0 radical (unpaired) electrons. The molecule has 0 aliphatic heterocycles. The third-order valence-corrected chi connectivity index (χ3v) is 1.52. The van der Waals surface area contributed by atoms with Gasteiger partial charge >= 0.3 is 5.97 Å². The normalized spacial score (nSPS) is 10.5. The third kappa shape index (κ3) is 1.85. The molecule has 1 rings (SSSR count). The summed E-state index contributed by atoms with van der Waals surface area (Å²) in [6, 6.07) is 1.12. The van der Waals surface area contributed by atoms with Crippen LogP contribution in [0.15, 0.2) is 10.5 Å². The molecule has 0 amide bonds. The summed E-state index contributed by atoms with van der Waals surface area (Å²) < 4.78 is 33.1. The van der Waals surface area contributed by atoms with Gasteiger partial charge in [0.25, 0.3) is 6.43 Å². The molecule has 1 aromatic heterocycles. The van der Waals surface area contributed by atoms with E-state index < -0.39 is 18.2 Å². The van der Waals surface area contributed by atoms with Gasteiger partial charge in [0.1, 0.15) is 0 Å². The monoisotopic (exact) mass is 190 g/mol. The number of methoxy groups -OCH3 is 1. The summed E-state index contributed by atoms with van der Waals surface area (Å²) in [6.45, 7) is 1.50. The molecule has 3 nitrogen and oxygen atoms in total. The minimum atomic E-state index is -2.71. The number of hydrogen-bond acceptors (Lipinski definition) is 3. The Hall–Kier alpha value is -1.39. The van der Waals surface area contributed by atoms with Gasteiger partial charge in [-0.2, -0.15) is 0 Å². The zero-order valence-electron chi connectivity index (χ0n) is 7.14. The van der Waals surface area contributed by atoms with Crippen LogP contribution in [0.2, 0.25) is 0 Å². The average molecular weight is 190 g/mol. The number of alkyl halides is 2. The van der Waals surface area contributed by atoms with E-state index in [9.17, 15) is 13.6 Å². The highest BCUT2D eigenvalue weighted by Gasteiger charge is 2.20. The van der Waals surface area contributed by atoms with E-state index in [2.05, 4.69) is 9.15 Å². The van der Waals surface area contributed by atoms with Gasteiger partial charge in [0.15, 0.2) is 5.76 Å². The third-order valence-electron chi connectivity index (χ3n) is 1.52. The van der Waals surface area contributed by atoms with E-state index in [4.69, 9.17) is 0 Å².